The fourth-order valence-electron chi connectivity index (χ4n) is 3.82. The third-order valence-electron chi connectivity index (χ3n) is 5.27. The van der Waals surface area contributed by atoms with E-state index in [9.17, 15) is 9.59 Å². The standard InChI is InChI=1S/C20H27N3O3/c24-19(22-26)11-8-15-6-9-17(10-7-15)21-18-12-13-23(14-18)20(25)16-4-2-1-3-5-16/h6-11,16,18,21,26H,1-5,12-14H2,(H,22,24)/t18-/m1/s1. The van der Waals surface area contributed by atoms with Crippen molar-refractivity contribution in [1.29, 1.82) is 0 Å². The number of nitrogens with one attached hydrogen (secondary N) is 2. The van der Waals surface area contributed by atoms with Crippen LogP contribution in [0, 0.1) is 5.92 Å². The normalized spacial score (nSPS) is 21.1. The number of carbonyl (C=O) groups excluding carboxylic acids is 2. The molecule has 1 aromatic carbocycles. The highest BCUT2D eigenvalue weighted by atomic mass is 16.5. The molecule has 2 fully saturated rings. The van der Waals surface area contributed by atoms with Gasteiger partial charge in [0.1, 0.15) is 0 Å². The van der Waals surface area contributed by atoms with Crippen molar-refractivity contribution in [2.24, 2.45) is 5.92 Å². The van der Waals surface area contributed by atoms with Gasteiger partial charge in [0.05, 0.1) is 0 Å². The van der Waals surface area contributed by atoms with Crippen LogP contribution >= 0.6 is 0 Å². The van der Waals surface area contributed by atoms with Crippen molar-refractivity contribution in [3.63, 3.8) is 0 Å². The van der Waals surface area contributed by atoms with Gasteiger partial charge in [0.15, 0.2) is 0 Å². The summed E-state index contributed by atoms with van der Waals surface area (Å²) in [7, 11) is 0. The van der Waals surface area contributed by atoms with Gasteiger partial charge >= 0.3 is 0 Å². The lowest BCUT2D eigenvalue weighted by atomic mass is 9.88. The summed E-state index contributed by atoms with van der Waals surface area (Å²) in [6.45, 7) is 1.61. The zero-order valence-electron chi connectivity index (χ0n) is 15.0. The van der Waals surface area contributed by atoms with E-state index < -0.39 is 5.91 Å². The SMILES string of the molecule is O=C(C=Cc1ccc(N[C@@H]2CCN(C(=O)C3CCCCC3)C2)cc1)NO. The molecule has 1 aliphatic heterocycles. The Morgan fingerprint density at radius 2 is 1.81 bits per heavy atom. The summed E-state index contributed by atoms with van der Waals surface area (Å²) in [6.07, 6.45) is 9.62. The van der Waals surface area contributed by atoms with Gasteiger partial charge in [-0.05, 0) is 43.0 Å². The van der Waals surface area contributed by atoms with Gasteiger partial charge in [-0.15, -0.1) is 0 Å². The first-order chi connectivity index (χ1) is 12.7. The fourth-order valence-corrected chi connectivity index (χ4v) is 3.82. The van der Waals surface area contributed by atoms with Crippen LogP contribution in [0.15, 0.2) is 30.3 Å². The highest BCUT2D eigenvalue weighted by Crippen LogP contribution is 2.27. The van der Waals surface area contributed by atoms with Gasteiger partial charge in [-0.25, -0.2) is 5.48 Å². The maximum Gasteiger partial charge on any atom is 0.267 e. The van der Waals surface area contributed by atoms with Crippen LogP contribution < -0.4 is 10.8 Å². The van der Waals surface area contributed by atoms with E-state index in [0.717, 1.165) is 43.6 Å². The summed E-state index contributed by atoms with van der Waals surface area (Å²) in [4.78, 5) is 25.7. The highest BCUT2D eigenvalue weighted by Gasteiger charge is 2.31. The Hall–Kier alpha value is -2.34. The molecule has 1 saturated heterocycles. The van der Waals surface area contributed by atoms with E-state index in [1.165, 1.54) is 25.3 Å². The molecule has 0 unspecified atom stereocenters. The van der Waals surface area contributed by atoms with E-state index >= 15 is 0 Å². The van der Waals surface area contributed by atoms with Crippen LogP contribution in [0.25, 0.3) is 6.08 Å². The second-order valence-corrected chi connectivity index (χ2v) is 7.18. The zero-order chi connectivity index (χ0) is 18.4. The van der Waals surface area contributed by atoms with Crippen LogP contribution in [0.2, 0.25) is 0 Å². The lowest BCUT2D eigenvalue weighted by Crippen LogP contribution is -2.36. The molecule has 1 heterocycles. The number of anilines is 1. The van der Waals surface area contributed by atoms with E-state index in [1.54, 1.807) is 11.6 Å². The average molecular weight is 357 g/mol. The monoisotopic (exact) mass is 357 g/mol. The summed E-state index contributed by atoms with van der Waals surface area (Å²) >= 11 is 0. The van der Waals surface area contributed by atoms with Gasteiger partial charge in [-0.3, -0.25) is 14.8 Å². The molecule has 0 aromatic heterocycles. The third-order valence-corrected chi connectivity index (χ3v) is 5.27. The summed E-state index contributed by atoms with van der Waals surface area (Å²) in [5.41, 5.74) is 3.44. The van der Waals surface area contributed by atoms with Crippen molar-refractivity contribution in [1.82, 2.24) is 10.4 Å². The molecule has 3 N–H and O–H groups in total. The number of likely N-dealkylation sites (tertiary alicyclic amines) is 1. The van der Waals surface area contributed by atoms with Crippen LogP contribution in [-0.4, -0.2) is 41.1 Å². The van der Waals surface area contributed by atoms with E-state index in [-0.39, 0.29) is 12.0 Å². The number of rotatable bonds is 5. The Bertz CT molecular complexity index is 651. The minimum atomic E-state index is -0.555. The first-order valence-corrected chi connectivity index (χ1v) is 9.43. The number of nitrogens with zero attached hydrogens (tertiary/aromatic N) is 1. The second-order valence-electron chi connectivity index (χ2n) is 7.18. The Labute approximate surface area is 154 Å². The van der Waals surface area contributed by atoms with Gasteiger partial charge in [0, 0.05) is 36.8 Å². The van der Waals surface area contributed by atoms with E-state index in [2.05, 4.69) is 5.32 Å². The van der Waals surface area contributed by atoms with Crippen molar-refractivity contribution in [2.75, 3.05) is 18.4 Å². The molecule has 1 atom stereocenters. The number of benzene rings is 1. The molecule has 6 nitrogen and oxygen atoms in total. The Morgan fingerprint density at radius 3 is 2.50 bits per heavy atom. The number of hydrogen-bond acceptors (Lipinski definition) is 4. The lowest BCUT2D eigenvalue weighted by Gasteiger charge is -2.26. The largest absolute Gasteiger partial charge is 0.380 e. The molecule has 2 aliphatic rings. The van der Waals surface area contributed by atoms with Gasteiger partial charge in [0.2, 0.25) is 5.91 Å². The van der Waals surface area contributed by atoms with Crippen LogP contribution in [-0.2, 0) is 9.59 Å². The molecule has 26 heavy (non-hydrogen) atoms. The fraction of sp³-hybridized carbons (Fsp3) is 0.500. The smallest absolute Gasteiger partial charge is 0.267 e. The predicted octanol–water partition coefficient (Wildman–Crippen LogP) is 2.80. The van der Waals surface area contributed by atoms with Crippen molar-refractivity contribution in [3.05, 3.63) is 35.9 Å². The molecule has 6 heteroatoms. The quantitative estimate of drug-likeness (QED) is 0.430. The van der Waals surface area contributed by atoms with E-state index in [0.29, 0.717) is 5.91 Å². The summed E-state index contributed by atoms with van der Waals surface area (Å²) in [6, 6.07) is 8.01. The molecule has 140 valence electrons. The van der Waals surface area contributed by atoms with Crippen LogP contribution in [0.1, 0.15) is 44.1 Å². The Balaban J connectivity index is 1.49. The van der Waals surface area contributed by atoms with Gasteiger partial charge in [0.25, 0.3) is 5.91 Å². The number of amides is 2. The zero-order valence-corrected chi connectivity index (χ0v) is 15.0. The van der Waals surface area contributed by atoms with Crippen LogP contribution in [0.4, 0.5) is 5.69 Å². The maximum absolute atomic E-state index is 12.6. The molecule has 0 bridgehead atoms. The summed E-state index contributed by atoms with van der Waals surface area (Å²) in [5.74, 6) is 0.0298. The minimum absolute atomic E-state index is 0.240. The van der Waals surface area contributed by atoms with Crippen LogP contribution in [0.5, 0.6) is 0 Å². The minimum Gasteiger partial charge on any atom is -0.380 e. The van der Waals surface area contributed by atoms with Crippen molar-refractivity contribution in [2.45, 2.75) is 44.6 Å². The molecule has 2 amide bonds. The molecule has 1 aliphatic carbocycles. The topological polar surface area (TPSA) is 81.7 Å². The molecule has 1 saturated carbocycles. The molecule has 3 rings (SSSR count). The average Bonchev–Trinajstić information content (AvgIpc) is 3.15. The summed E-state index contributed by atoms with van der Waals surface area (Å²) in [5, 5.41) is 12.0. The molecular formula is C20H27N3O3. The van der Waals surface area contributed by atoms with Gasteiger partial charge in [-0.1, -0.05) is 31.4 Å². The van der Waals surface area contributed by atoms with E-state index in [4.69, 9.17) is 5.21 Å². The highest BCUT2D eigenvalue weighted by molar-refractivity contribution is 5.90. The first kappa shape index (κ1) is 18.5. The third kappa shape index (κ3) is 4.85. The molecule has 0 radical (unpaired) electrons. The van der Waals surface area contributed by atoms with Gasteiger partial charge < -0.3 is 10.2 Å². The van der Waals surface area contributed by atoms with Crippen molar-refractivity contribution < 1.29 is 14.8 Å². The van der Waals surface area contributed by atoms with Crippen molar-refractivity contribution >= 4 is 23.6 Å². The number of carbonyl (C=O) groups is 2. The molecule has 0 spiro atoms. The first-order valence-electron chi connectivity index (χ1n) is 9.43. The number of hydroxylamine groups is 1. The van der Waals surface area contributed by atoms with Crippen molar-refractivity contribution in [3.8, 4) is 0 Å². The maximum atomic E-state index is 12.6. The predicted molar refractivity (Wildman–Crippen MR) is 101 cm³/mol. The van der Waals surface area contributed by atoms with E-state index in [1.807, 2.05) is 29.2 Å². The molecule has 1 aromatic rings. The Morgan fingerprint density at radius 1 is 1.08 bits per heavy atom. The molecular weight excluding hydrogens is 330 g/mol. The number of hydrogen-bond donors (Lipinski definition) is 3. The lowest BCUT2D eigenvalue weighted by molar-refractivity contribution is -0.135. The second kappa shape index (κ2) is 8.85. The Kier molecular flexibility index (Phi) is 6.28. The van der Waals surface area contributed by atoms with Gasteiger partial charge in [-0.2, -0.15) is 0 Å². The summed E-state index contributed by atoms with van der Waals surface area (Å²) < 4.78 is 0. The van der Waals surface area contributed by atoms with Crippen LogP contribution in [0.3, 0.4) is 0 Å².